The minimum absolute atomic E-state index is 0.251. The van der Waals surface area contributed by atoms with E-state index >= 15 is 0 Å². The second-order valence-electron chi connectivity index (χ2n) is 4.01. The van der Waals surface area contributed by atoms with Gasteiger partial charge in [0.05, 0.1) is 0 Å². The predicted molar refractivity (Wildman–Crippen MR) is 44.4 cm³/mol. The van der Waals surface area contributed by atoms with Crippen LogP contribution in [0.2, 0.25) is 0 Å². The molecule has 0 heterocycles. The van der Waals surface area contributed by atoms with Crippen molar-refractivity contribution in [3.8, 4) is 0 Å². The van der Waals surface area contributed by atoms with Crippen LogP contribution in [0.5, 0.6) is 0 Å². The van der Waals surface area contributed by atoms with E-state index in [9.17, 15) is 0 Å². The first-order valence-corrected chi connectivity index (χ1v) is 4.85. The molecule has 2 aliphatic rings. The molecule has 2 rings (SSSR count). The quantitative estimate of drug-likeness (QED) is 0.475. The maximum absolute atomic E-state index is 6.41. The summed E-state index contributed by atoms with van der Waals surface area (Å²) in [6, 6.07) is 0. The van der Waals surface area contributed by atoms with Gasteiger partial charge in [0.25, 0.3) is 0 Å². The van der Waals surface area contributed by atoms with Gasteiger partial charge >= 0.3 is 0 Å². The summed E-state index contributed by atoms with van der Waals surface area (Å²) in [4.78, 5) is 0.251. The molecule has 2 bridgehead atoms. The molecule has 0 aromatic carbocycles. The Kier molecular flexibility index (Phi) is 1.68. The zero-order valence-corrected chi connectivity index (χ0v) is 7.16. The molecular weight excluding hydrogens is 144 g/mol. The number of hydrogen-bond acceptors (Lipinski definition) is 0. The minimum Gasteiger partial charge on any atom is -0.119 e. The van der Waals surface area contributed by atoms with E-state index < -0.39 is 0 Å². The standard InChI is InChI=1S/C9H15Cl/c10-9-5-1-3-8(7-9)4-2-6-9/h8H,1-7H2. The van der Waals surface area contributed by atoms with Crippen molar-refractivity contribution in [3.05, 3.63) is 0 Å². The fourth-order valence-corrected chi connectivity index (χ4v) is 3.10. The molecule has 0 aromatic rings. The highest BCUT2D eigenvalue weighted by molar-refractivity contribution is 6.24. The highest BCUT2D eigenvalue weighted by Crippen LogP contribution is 2.46. The van der Waals surface area contributed by atoms with E-state index in [-0.39, 0.29) is 4.87 Å². The Bertz CT molecular complexity index is 121. The molecule has 0 unspecified atom stereocenters. The van der Waals surface area contributed by atoms with E-state index in [0.29, 0.717) is 0 Å². The van der Waals surface area contributed by atoms with Gasteiger partial charge < -0.3 is 0 Å². The van der Waals surface area contributed by atoms with Crippen LogP contribution in [0.3, 0.4) is 0 Å². The molecule has 0 atom stereocenters. The van der Waals surface area contributed by atoms with Crippen LogP contribution < -0.4 is 0 Å². The fraction of sp³-hybridized carbons (Fsp3) is 1.00. The first kappa shape index (κ1) is 6.97. The van der Waals surface area contributed by atoms with Gasteiger partial charge in [-0.15, -0.1) is 11.6 Å². The Morgan fingerprint density at radius 1 is 1.10 bits per heavy atom. The van der Waals surface area contributed by atoms with Gasteiger partial charge in [-0.2, -0.15) is 0 Å². The Labute approximate surface area is 68.0 Å². The summed E-state index contributed by atoms with van der Waals surface area (Å²) in [6.07, 6.45) is 9.55. The molecule has 10 heavy (non-hydrogen) atoms. The second kappa shape index (κ2) is 2.41. The van der Waals surface area contributed by atoms with Crippen LogP contribution in [0.1, 0.15) is 44.9 Å². The lowest BCUT2D eigenvalue weighted by Gasteiger charge is -2.40. The van der Waals surface area contributed by atoms with Crippen LogP contribution in [0.4, 0.5) is 0 Å². The van der Waals surface area contributed by atoms with Crippen molar-refractivity contribution >= 4 is 11.6 Å². The maximum atomic E-state index is 6.41. The molecule has 0 nitrogen and oxygen atoms in total. The predicted octanol–water partition coefficient (Wildman–Crippen LogP) is 3.34. The van der Waals surface area contributed by atoms with Crippen LogP contribution in [0.25, 0.3) is 0 Å². The fourth-order valence-electron chi connectivity index (χ4n) is 2.61. The Hall–Kier alpha value is 0.290. The Balaban J connectivity index is 2.07. The largest absolute Gasteiger partial charge is 0.119 e. The van der Waals surface area contributed by atoms with E-state index in [1.807, 2.05) is 0 Å². The number of fused-ring (bicyclic) bond motifs is 2. The number of hydrogen-bond donors (Lipinski definition) is 0. The van der Waals surface area contributed by atoms with Crippen LogP contribution in [-0.2, 0) is 0 Å². The average molecular weight is 159 g/mol. The normalized spacial score (nSPS) is 47.1. The number of alkyl halides is 1. The van der Waals surface area contributed by atoms with Crippen molar-refractivity contribution in [3.63, 3.8) is 0 Å². The molecule has 0 N–H and O–H groups in total. The number of rotatable bonds is 0. The zero-order chi connectivity index (χ0) is 7.03. The SMILES string of the molecule is ClC12CCCC(CCC1)C2. The van der Waals surface area contributed by atoms with Crippen LogP contribution >= 0.6 is 11.6 Å². The van der Waals surface area contributed by atoms with E-state index in [1.54, 1.807) is 0 Å². The Morgan fingerprint density at radius 3 is 2.10 bits per heavy atom. The molecule has 58 valence electrons. The van der Waals surface area contributed by atoms with Crippen LogP contribution in [0, 0.1) is 5.92 Å². The van der Waals surface area contributed by atoms with Gasteiger partial charge in [-0.3, -0.25) is 0 Å². The van der Waals surface area contributed by atoms with Crippen molar-refractivity contribution in [2.24, 2.45) is 5.92 Å². The topological polar surface area (TPSA) is 0 Å². The summed E-state index contributed by atoms with van der Waals surface area (Å²) < 4.78 is 0. The molecule has 0 spiro atoms. The second-order valence-corrected chi connectivity index (χ2v) is 4.81. The monoisotopic (exact) mass is 158 g/mol. The summed E-state index contributed by atoms with van der Waals surface area (Å²) in [7, 11) is 0. The van der Waals surface area contributed by atoms with Gasteiger partial charge in [0.1, 0.15) is 0 Å². The summed E-state index contributed by atoms with van der Waals surface area (Å²) in [5, 5.41) is 0. The summed E-state index contributed by atoms with van der Waals surface area (Å²) in [5.41, 5.74) is 0. The minimum atomic E-state index is 0.251. The third-order valence-corrected chi connectivity index (χ3v) is 3.66. The number of halogens is 1. The summed E-state index contributed by atoms with van der Waals surface area (Å²) >= 11 is 6.41. The molecule has 0 aromatic heterocycles. The van der Waals surface area contributed by atoms with Crippen LogP contribution in [-0.4, -0.2) is 4.87 Å². The van der Waals surface area contributed by atoms with Gasteiger partial charge in [0.2, 0.25) is 0 Å². The van der Waals surface area contributed by atoms with Crippen molar-refractivity contribution in [2.75, 3.05) is 0 Å². The molecule has 0 amide bonds. The lowest BCUT2D eigenvalue weighted by Crippen LogP contribution is -2.33. The van der Waals surface area contributed by atoms with Gasteiger partial charge in [-0.05, 0) is 25.2 Å². The first-order valence-electron chi connectivity index (χ1n) is 4.47. The highest BCUT2D eigenvalue weighted by atomic mass is 35.5. The van der Waals surface area contributed by atoms with Gasteiger partial charge in [-0.1, -0.05) is 25.7 Å². The van der Waals surface area contributed by atoms with E-state index in [1.165, 1.54) is 44.9 Å². The van der Waals surface area contributed by atoms with Crippen molar-refractivity contribution in [2.45, 2.75) is 49.8 Å². The van der Waals surface area contributed by atoms with Gasteiger partial charge in [0, 0.05) is 4.87 Å². The van der Waals surface area contributed by atoms with Gasteiger partial charge in [0.15, 0.2) is 0 Å². The molecule has 0 saturated heterocycles. The first-order chi connectivity index (χ1) is 4.79. The third-order valence-electron chi connectivity index (χ3n) is 3.13. The van der Waals surface area contributed by atoms with E-state index in [0.717, 1.165) is 5.92 Å². The third kappa shape index (κ3) is 1.18. The molecule has 2 saturated carbocycles. The van der Waals surface area contributed by atoms with Crippen LogP contribution in [0.15, 0.2) is 0 Å². The molecular formula is C9H15Cl. The van der Waals surface area contributed by atoms with Crippen molar-refractivity contribution in [1.29, 1.82) is 0 Å². The summed E-state index contributed by atoms with van der Waals surface area (Å²) in [5.74, 6) is 0.986. The van der Waals surface area contributed by atoms with Crippen molar-refractivity contribution in [1.82, 2.24) is 0 Å². The highest BCUT2D eigenvalue weighted by Gasteiger charge is 2.37. The molecule has 1 heteroatoms. The lowest BCUT2D eigenvalue weighted by molar-refractivity contribution is 0.212. The molecule has 2 aliphatic carbocycles. The Morgan fingerprint density at radius 2 is 1.70 bits per heavy atom. The zero-order valence-electron chi connectivity index (χ0n) is 6.41. The molecule has 0 aliphatic heterocycles. The average Bonchev–Trinajstić information content (AvgIpc) is 1.86. The molecule has 0 radical (unpaired) electrons. The van der Waals surface area contributed by atoms with E-state index in [2.05, 4.69) is 0 Å². The molecule has 2 fully saturated rings. The maximum Gasteiger partial charge on any atom is 0.0449 e. The van der Waals surface area contributed by atoms with E-state index in [4.69, 9.17) is 11.6 Å². The lowest BCUT2D eigenvalue weighted by atomic mass is 9.72. The summed E-state index contributed by atoms with van der Waals surface area (Å²) in [6.45, 7) is 0. The smallest absolute Gasteiger partial charge is 0.0449 e. The van der Waals surface area contributed by atoms with Gasteiger partial charge in [-0.25, -0.2) is 0 Å². The van der Waals surface area contributed by atoms with Crippen molar-refractivity contribution < 1.29 is 0 Å².